The van der Waals surface area contributed by atoms with Crippen LogP contribution in [0.5, 0.6) is 0 Å². The summed E-state index contributed by atoms with van der Waals surface area (Å²) < 4.78 is 4.10. The highest BCUT2D eigenvalue weighted by Gasteiger charge is 2.12. The van der Waals surface area contributed by atoms with E-state index >= 15 is 0 Å². The summed E-state index contributed by atoms with van der Waals surface area (Å²) in [6.07, 6.45) is 5.72. The Hall–Kier alpha value is -2.16. The molecular weight excluding hydrogens is 354 g/mol. The van der Waals surface area contributed by atoms with Gasteiger partial charge in [0.05, 0.1) is 23.6 Å². The molecule has 0 saturated carbocycles. The molecule has 0 aliphatic heterocycles. The number of aromatic nitrogens is 4. The van der Waals surface area contributed by atoms with Gasteiger partial charge < -0.3 is 10.4 Å². The fourth-order valence-electron chi connectivity index (χ4n) is 1.90. The number of nitrogens with one attached hydrogen (secondary N) is 1. The molecule has 0 saturated heterocycles. The number of halogens is 1. The van der Waals surface area contributed by atoms with Crippen LogP contribution < -0.4 is 5.32 Å². The molecule has 9 heteroatoms. The zero-order chi connectivity index (χ0) is 15.9. The van der Waals surface area contributed by atoms with Gasteiger partial charge in [0.25, 0.3) is 5.91 Å². The number of amides is 1. The largest absolute Gasteiger partial charge is 0.481 e. The van der Waals surface area contributed by atoms with E-state index in [2.05, 4.69) is 31.4 Å². The topological polar surface area (TPSA) is 102 Å². The van der Waals surface area contributed by atoms with Gasteiger partial charge in [-0.25, -0.2) is 0 Å². The molecule has 2 heterocycles. The van der Waals surface area contributed by atoms with Crippen molar-refractivity contribution in [3.8, 4) is 0 Å². The minimum absolute atomic E-state index is 0.0733. The molecule has 118 valence electrons. The van der Waals surface area contributed by atoms with Gasteiger partial charge in [-0.1, -0.05) is 0 Å². The molecule has 2 N–H and O–H groups in total. The molecule has 2 aromatic rings. The third-order valence-corrected chi connectivity index (χ3v) is 3.35. The van der Waals surface area contributed by atoms with E-state index in [1.165, 1.54) is 10.9 Å². The summed E-state index contributed by atoms with van der Waals surface area (Å²) in [7, 11) is 0. The number of carbonyl (C=O) groups excluding carboxylic acids is 1. The Bertz CT molecular complexity index is 652. The highest BCUT2D eigenvalue weighted by Crippen LogP contribution is 2.06. The number of hydrogen-bond acceptors (Lipinski definition) is 4. The van der Waals surface area contributed by atoms with Crippen LogP contribution in [0.25, 0.3) is 0 Å². The molecule has 0 aliphatic carbocycles. The fraction of sp³-hybridized carbons (Fsp3) is 0.385. The van der Waals surface area contributed by atoms with Gasteiger partial charge >= 0.3 is 5.97 Å². The summed E-state index contributed by atoms with van der Waals surface area (Å²) in [6.45, 7) is 1.37. The minimum Gasteiger partial charge on any atom is -0.481 e. The lowest BCUT2D eigenvalue weighted by Gasteiger charge is -2.07. The maximum Gasteiger partial charge on any atom is 0.305 e. The first-order chi connectivity index (χ1) is 10.6. The third-order valence-electron chi connectivity index (χ3n) is 2.94. The molecule has 8 nitrogen and oxygen atoms in total. The van der Waals surface area contributed by atoms with Crippen molar-refractivity contribution in [2.45, 2.75) is 25.9 Å². The Morgan fingerprint density at radius 2 is 2.14 bits per heavy atom. The van der Waals surface area contributed by atoms with Crippen molar-refractivity contribution in [3.63, 3.8) is 0 Å². The van der Waals surface area contributed by atoms with Gasteiger partial charge in [0.15, 0.2) is 0 Å². The summed E-state index contributed by atoms with van der Waals surface area (Å²) in [5, 5.41) is 19.5. The molecular formula is C13H16BrN5O3. The van der Waals surface area contributed by atoms with E-state index in [1.54, 1.807) is 16.9 Å². The van der Waals surface area contributed by atoms with E-state index in [4.69, 9.17) is 5.11 Å². The first-order valence-electron chi connectivity index (χ1n) is 6.76. The molecule has 0 aliphatic rings. The van der Waals surface area contributed by atoms with Gasteiger partial charge in [-0.05, 0) is 28.4 Å². The minimum atomic E-state index is -0.924. The summed E-state index contributed by atoms with van der Waals surface area (Å²) in [4.78, 5) is 22.6. The molecule has 0 unspecified atom stereocenters. The first kappa shape index (κ1) is 16.2. The predicted octanol–water partition coefficient (Wildman–Crippen LogP) is 1.14. The maximum absolute atomic E-state index is 12.0. The smallest absolute Gasteiger partial charge is 0.305 e. The zero-order valence-electron chi connectivity index (χ0n) is 11.8. The Balaban J connectivity index is 1.77. The lowest BCUT2D eigenvalue weighted by molar-refractivity contribution is -0.137. The van der Waals surface area contributed by atoms with Crippen molar-refractivity contribution in [2.24, 2.45) is 0 Å². The predicted molar refractivity (Wildman–Crippen MR) is 81.4 cm³/mol. The number of aliphatic carboxylic acids is 1. The number of nitrogens with zero attached hydrogens (tertiary/aromatic N) is 4. The van der Waals surface area contributed by atoms with Crippen LogP contribution in [0, 0.1) is 0 Å². The summed E-state index contributed by atoms with van der Waals surface area (Å²) in [6, 6.07) is 1.57. The van der Waals surface area contributed by atoms with Crippen LogP contribution in [0.4, 0.5) is 0 Å². The lowest BCUT2D eigenvalue weighted by atomic mass is 10.3. The van der Waals surface area contributed by atoms with E-state index in [9.17, 15) is 9.59 Å². The van der Waals surface area contributed by atoms with Crippen LogP contribution in [0.1, 0.15) is 23.3 Å². The Morgan fingerprint density at radius 1 is 1.32 bits per heavy atom. The Kier molecular flexibility index (Phi) is 5.70. The molecule has 0 atom stereocenters. The van der Waals surface area contributed by atoms with Crippen LogP contribution in [0.2, 0.25) is 0 Å². The van der Waals surface area contributed by atoms with Crippen molar-refractivity contribution in [3.05, 3.63) is 34.8 Å². The Morgan fingerprint density at radius 3 is 2.82 bits per heavy atom. The number of carbonyl (C=O) groups is 2. The van der Waals surface area contributed by atoms with Crippen LogP contribution in [0.3, 0.4) is 0 Å². The quantitative estimate of drug-likeness (QED) is 0.679. The van der Waals surface area contributed by atoms with E-state index in [1.807, 2.05) is 6.20 Å². The fourth-order valence-corrected chi connectivity index (χ4v) is 2.23. The second-order valence-corrected chi connectivity index (χ2v) is 5.53. The second-order valence-electron chi connectivity index (χ2n) is 4.61. The molecule has 0 spiro atoms. The molecule has 0 aromatic carbocycles. The SMILES string of the molecule is O=C(O)CCn1nccc1C(=O)NCCCn1cc(Br)cn1. The van der Waals surface area contributed by atoms with Gasteiger partial charge in [-0.15, -0.1) is 0 Å². The molecule has 2 rings (SSSR count). The zero-order valence-corrected chi connectivity index (χ0v) is 13.4. The van der Waals surface area contributed by atoms with E-state index in [0.717, 1.165) is 10.9 Å². The van der Waals surface area contributed by atoms with Gasteiger partial charge in [0.1, 0.15) is 5.69 Å². The first-order valence-corrected chi connectivity index (χ1v) is 7.55. The molecule has 22 heavy (non-hydrogen) atoms. The van der Waals surface area contributed by atoms with E-state index in [0.29, 0.717) is 18.8 Å². The van der Waals surface area contributed by atoms with Crippen molar-refractivity contribution >= 4 is 27.8 Å². The number of rotatable bonds is 8. The van der Waals surface area contributed by atoms with Gasteiger partial charge in [-0.3, -0.25) is 19.0 Å². The summed E-state index contributed by atoms with van der Waals surface area (Å²) >= 11 is 3.32. The van der Waals surface area contributed by atoms with Crippen LogP contribution in [-0.4, -0.2) is 43.1 Å². The van der Waals surface area contributed by atoms with Gasteiger partial charge in [0, 0.05) is 25.5 Å². The average molecular weight is 370 g/mol. The summed E-state index contributed by atoms with van der Waals surface area (Å²) in [5.74, 6) is -1.18. The van der Waals surface area contributed by atoms with E-state index in [-0.39, 0.29) is 18.9 Å². The van der Waals surface area contributed by atoms with Crippen LogP contribution >= 0.6 is 15.9 Å². The third kappa shape index (κ3) is 4.69. The van der Waals surface area contributed by atoms with E-state index < -0.39 is 5.97 Å². The van der Waals surface area contributed by atoms with Gasteiger partial charge in [0.2, 0.25) is 0 Å². The molecule has 0 fully saturated rings. The molecule has 2 aromatic heterocycles. The second kappa shape index (κ2) is 7.74. The number of hydrogen-bond donors (Lipinski definition) is 2. The molecule has 0 bridgehead atoms. The van der Waals surface area contributed by atoms with Gasteiger partial charge in [-0.2, -0.15) is 10.2 Å². The van der Waals surface area contributed by atoms with Crippen molar-refractivity contribution in [1.29, 1.82) is 0 Å². The van der Waals surface area contributed by atoms with Crippen molar-refractivity contribution < 1.29 is 14.7 Å². The maximum atomic E-state index is 12.0. The summed E-state index contributed by atoms with van der Waals surface area (Å²) in [5.41, 5.74) is 0.364. The lowest BCUT2D eigenvalue weighted by Crippen LogP contribution is -2.28. The van der Waals surface area contributed by atoms with Crippen LogP contribution in [-0.2, 0) is 17.9 Å². The number of carboxylic acids is 1. The Labute approximate surface area is 135 Å². The highest BCUT2D eigenvalue weighted by atomic mass is 79.9. The normalized spacial score (nSPS) is 10.6. The number of carboxylic acid groups (broad SMARTS) is 1. The average Bonchev–Trinajstić information content (AvgIpc) is 3.10. The van der Waals surface area contributed by atoms with Crippen molar-refractivity contribution in [1.82, 2.24) is 24.9 Å². The molecule has 1 amide bonds. The standard InChI is InChI=1S/C13H16BrN5O3/c14-10-8-17-18(9-10)6-1-4-15-13(22)11-2-5-16-19(11)7-3-12(20)21/h2,5,8-9H,1,3-4,6-7H2,(H,15,22)(H,20,21). The van der Waals surface area contributed by atoms with Crippen LogP contribution in [0.15, 0.2) is 29.1 Å². The highest BCUT2D eigenvalue weighted by molar-refractivity contribution is 9.10. The molecule has 0 radical (unpaired) electrons. The number of aryl methyl sites for hydroxylation is 2. The monoisotopic (exact) mass is 369 g/mol. The van der Waals surface area contributed by atoms with Crippen molar-refractivity contribution in [2.75, 3.05) is 6.54 Å².